The van der Waals surface area contributed by atoms with Gasteiger partial charge in [-0.3, -0.25) is 4.79 Å². The van der Waals surface area contributed by atoms with Gasteiger partial charge in [-0.1, -0.05) is 0 Å². The number of hydrogen-bond acceptors (Lipinski definition) is 6. The normalized spacial score (nSPS) is 11.4. The number of nitrogens with one attached hydrogen (secondary N) is 1. The van der Waals surface area contributed by atoms with Crippen molar-refractivity contribution in [1.29, 1.82) is 0 Å². The van der Waals surface area contributed by atoms with E-state index in [9.17, 15) is 13.2 Å². The maximum atomic E-state index is 11.9. The molecule has 2 aromatic rings. The number of nitrogens with two attached hydrogens (primary N) is 1. The van der Waals surface area contributed by atoms with E-state index in [0.29, 0.717) is 11.3 Å². The van der Waals surface area contributed by atoms with Crippen LogP contribution in [0.25, 0.3) is 0 Å². The highest BCUT2D eigenvalue weighted by Crippen LogP contribution is 2.23. The van der Waals surface area contributed by atoms with Gasteiger partial charge in [0.1, 0.15) is 12.9 Å². The Kier molecular flexibility index (Phi) is 4.00. The minimum atomic E-state index is -3.84. The van der Waals surface area contributed by atoms with Crippen LogP contribution in [0.3, 0.4) is 0 Å². The molecule has 1 aromatic carbocycles. The lowest BCUT2D eigenvalue weighted by Gasteiger charge is -2.12. The summed E-state index contributed by atoms with van der Waals surface area (Å²) in [6.07, 6.45) is 1.30. The Labute approximate surface area is 121 Å². The summed E-state index contributed by atoms with van der Waals surface area (Å²) in [5, 5.41) is 18.1. The largest absolute Gasteiger partial charge is 0.324 e. The number of carbonyl (C=O) groups excluding carboxylic acids is 1. The standard InChI is InChI=1S/C11H14N6O3S/c1-7-3-9(21(12,19)20)4-10(8(7)2)14-11(18)5-17-6-13-15-16-17/h3-4,6H,5H2,1-2H3,(H,14,18)(H2,12,19,20). The van der Waals surface area contributed by atoms with E-state index in [0.717, 1.165) is 5.56 Å². The minimum Gasteiger partial charge on any atom is -0.324 e. The zero-order chi connectivity index (χ0) is 15.6. The number of tetrazole rings is 1. The van der Waals surface area contributed by atoms with Crippen LogP contribution in [-0.2, 0) is 21.4 Å². The molecule has 2 rings (SSSR count). The van der Waals surface area contributed by atoms with Crippen LogP contribution in [0.2, 0.25) is 0 Å². The number of carbonyl (C=O) groups is 1. The van der Waals surface area contributed by atoms with Gasteiger partial charge < -0.3 is 5.32 Å². The van der Waals surface area contributed by atoms with Crippen molar-refractivity contribution in [3.05, 3.63) is 29.6 Å². The van der Waals surface area contributed by atoms with Crippen molar-refractivity contribution in [3.63, 3.8) is 0 Å². The summed E-state index contributed by atoms with van der Waals surface area (Å²) < 4.78 is 24.1. The topological polar surface area (TPSA) is 133 Å². The molecule has 0 bridgehead atoms. The maximum Gasteiger partial charge on any atom is 0.246 e. The van der Waals surface area contributed by atoms with Gasteiger partial charge in [0.05, 0.1) is 4.90 Å². The average Bonchev–Trinajstić information content (AvgIpc) is 2.86. The van der Waals surface area contributed by atoms with Crippen LogP contribution < -0.4 is 10.5 Å². The van der Waals surface area contributed by atoms with Gasteiger partial charge in [0.15, 0.2) is 0 Å². The van der Waals surface area contributed by atoms with E-state index in [4.69, 9.17) is 5.14 Å². The van der Waals surface area contributed by atoms with Gasteiger partial charge in [0.2, 0.25) is 15.9 Å². The van der Waals surface area contributed by atoms with E-state index in [1.807, 2.05) is 0 Å². The first-order valence-corrected chi connectivity index (χ1v) is 7.46. The fourth-order valence-electron chi connectivity index (χ4n) is 1.71. The second-order valence-corrected chi connectivity index (χ2v) is 6.07. The molecule has 1 amide bonds. The Morgan fingerprint density at radius 1 is 1.38 bits per heavy atom. The highest BCUT2D eigenvalue weighted by molar-refractivity contribution is 7.89. The molecule has 0 spiro atoms. The number of aromatic nitrogens is 4. The van der Waals surface area contributed by atoms with Gasteiger partial charge in [-0.2, -0.15) is 0 Å². The first-order valence-electron chi connectivity index (χ1n) is 5.92. The van der Waals surface area contributed by atoms with Crippen molar-refractivity contribution < 1.29 is 13.2 Å². The molecule has 0 fully saturated rings. The molecule has 0 unspecified atom stereocenters. The lowest BCUT2D eigenvalue weighted by atomic mass is 10.1. The van der Waals surface area contributed by atoms with Gasteiger partial charge in [0, 0.05) is 5.69 Å². The molecule has 0 atom stereocenters. The number of rotatable bonds is 4. The Bertz CT molecular complexity index is 770. The molecule has 1 aromatic heterocycles. The number of aryl methyl sites for hydroxylation is 1. The lowest BCUT2D eigenvalue weighted by molar-refractivity contribution is -0.116. The molecule has 0 saturated carbocycles. The number of hydrogen-bond donors (Lipinski definition) is 2. The lowest BCUT2D eigenvalue weighted by Crippen LogP contribution is -2.20. The Morgan fingerprint density at radius 3 is 2.67 bits per heavy atom. The third kappa shape index (κ3) is 3.61. The summed E-state index contributed by atoms with van der Waals surface area (Å²) in [5.74, 6) is -0.378. The summed E-state index contributed by atoms with van der Waals surface area (Å²) in [6, 6.07) is 2.79. The molecule has 0 aliphatic rings. The minimum absolute atomic E-state index is 0.0525. The van der Waals surface area contributed by atoms with Crippen LogP contribution in [0.1, 0.15) is 11.1 Å². The van der Waals surface area contributed by atoms with Crippen molar-refractivity contribution >= 4 is 21.6 Å². The zero-order valence-electron chi connectivity index (χ0n) is 11.4. The first kappa shape index (κ1) is 15.1. The first-order chi connectivity index (χ1) is 9.77. The van der Waals surface area contributed by atoms with Crippen molar-refractivity contribution in [2.24, 2.45) is 5.14 Å². The number of anilines is 1. The van der Waals surface area contributed by atoms with Crippen LogP contribution in [-0.4, -0.2) is 34.5 Å². The third-order valence-electron chi connectivity index (χ3n) is 2.94. The molecular formula is C11H14N6O3S. The summed E-state index contributed by atoms with van der Waals surface area (Å²) in [7, 11) is -3.84. The van der Waals surface area contributed by atoms with Crippen LogP contribution in [0.4, 0.5) is 5.69 Å². The number of sulfonamides is 1. The van der Waals surface area contributed by atoms with Crippen LogP contribution in [0, 0.1) is 13.8 Å². The zero-order valence-corrected chi connectivity index (χ0v) is 12.3. The van der Waals surface area contributed by atoms with E-state index < -0.39 is 10.0 Å². The molecule has 0 aliphatic carbocycles. The highest BCUT2D eigenvalue weighted by atomic mass is 32.2. The van der Waals surface area contributed by atoms with Gasteiger partial charge >= 0.3 is 0 Å². The fourth-order valence-corrected chi connectivity index (χ4v) is 2.33. The average molecular weight is 310 g/mol. The van der Waals surface area contributed by atoms with E-state index in [-0.39, 0.29) is 17.3 Å². The third-order valence-corrected chi connectivity index (χ3v) is 3.83. The summed E-state index contributed by atoms with van der Waals surface area (Å²) in [5.41, 5.74) is 1.85. The number of amides is 1. The summed E-state index contributed by atoms with van der Waals surface area (Å²) in [6.45, 7) is 3.43. The number of primary sulfonamides is 1. The van der Waals surface area contributed by atoms with Crippen molar-refractivity contribution in [3.8, 4) is 0 Å². The Balaban J connectivity index is 2.27. The van der Waals surface area contributed by atoms with Gasteiger partial charge in [-0.25, -0.2) is 18.2 Å². The van der Waals surface area contributed by atoms with Crippen LogP contribution >= 0.6 is 0 Å². The van der Waals surface area contributed by atoms with Gasteiger partial charge in [0.25, 0.3) is 0 Å². The predicted molar refractivity (Wildman–Crippen MR) is 73.7 cm³/mol. The molecule has 1 heterocycles. The van der Waals surface area contributed by atoms with Crippen molar-refractivity contribution in [2.75, 3.05) is 5.32 Å². The van der Waals surface area contributed by atoms with E-state index in [1.54, 1.807) is 13.8 Å². The number of benzene rings is 1. The van der Waals surface area contributed by atoms with E-state index >= 15 is 0 Å². The van der Waals surface area contributed by atoms with Crippen molar-refractivity contribution in [1.82, 2.24) is 20.2 Å². The quantitative estimate of drug-likeness (QED) is 0.787. The van der Waals surface area contributed by atoms with E-state index in [2.05, 4.69) is 20.8 Å². The fraction of sp³-hybridized carbons (Fsp3) is 0.273. The van der Waals surface area contributed by atoms with E-state index in [1.165, 1.54) is 23.1 Å². The number of nitrogens with zero attached hydrogens (tertiary/aromatic N) is 4. The highest BCUT2D eigenvalue weighted by Gasteiger charge is 2.14. The Morgan fingerprint density at radius 2 is 2.10 bits per heavy atom. The second kappa shape index (κ2) is 5.58. The summed E-state index contributed by atoms with van der Waals surface area (Å²) in [4.78, 5) is 11.8. The second-order valence-electron chi connectivity index (χ2n) is 4.51. The predicted octanol–water partition coefficient (Wildman–Crippen LogP) is -0.424. The molecule has 0 aliphatic heterocycles. The molecule has 112 valence electrons. The van der Waals surface area contributed by atoms with Crippen LogP contribution in [0.15, 0.2) is 23.4 Å². The smallest absolute Gasteiger partial charge is 0.246 e. The monoisotopic (exact) mass is 310 g/mol. The molecule has 3 N–H and O–H groups in total. The molecular weight excluding hydrogens is 296 g/mol. The Hall–Kier alpha value is -2.33. The molecule has 10 heteroatoms. The van der Waals surface area contributed by atoms with Crippen molar-refractivity contribution in [2.45, 2.75) is 25.3 Å². The molecule has 0 radical (unpaired) electrons. The molecule has 9 nitrogen and oxygen atoms in total. The molecule has 21 heavy (non-hydrogen) atoms. The summed E-state index contributed by atoms with van der Waals surface area (Å²) >= 11 is 0. The van der Waals surface area contributed by atoms with Gasteiger partial charge in [-0.15, -0.1) is 5.10 Å². The van der Waals surface area contributed by atoms with Crippen LogP contribution in [0.5, 0.6) is 0 Å². The van der Waals surface area contributed by atoms with Gasteiger partial charge in [-0.05, 0) is 47.5 Å². The maximum absolute atomic E-state index is 11.9. The molecule has 0 saturated heterocycles. The SMILES string of the molecule is Cc1cc(S(N)(=O)=O)cc(NC(=O)Cn2cnnn2)c1C.